The van der Waals surface area contributed by atoms with Gasteiger partial charge in [-0.25, -0.2) is 14.8 Å². The fraction of sp³-hybridized carbons (Fsp3) is 0.667. The van der Waals surface area contributed by atoms with Crippen LogP contribution < -0.4 is 10.2 Å². The number of ether oxygens (including phenoxy) is 1. The van der Waals surface area contributed by atoms with Crippen LogP contribution in [-0.4, -0.2) is 65.3 Å². The largest absolute Gasteiger partial charge is 0.440 e. The Bertz CT molecular complexity index is 585. The highest BCUT2D eigenvalue weighted by atomic mass is 16.6. The van der Waals surface area contributed by atoms with Gasteiger partial charge in [0.2, 0.25) is 0 Å². The van der Waals surface area contributed by atoms with Crippen LogP contribution in [0.3, 0.4) is 0 Å². The van der Waals surface area contributed by atoms with Gasteiger partial charge in [-0.05, 0) is 13.0 Å². The number of fused-ring (bicyclic) bond motifs is 2. The van der Waals surface area contributed by atoms with Gasteiger partial charge in [0.05, 0.1) is 6.04 Å². The fourth-order valence-electron chi connectivity index (χ4n) is 3.86. The minimum absolute atomic E-state index is 0.141. The maximum absolute atomic E-state index is 12.1. The minimum Gasteiger partial charge on any atom is -0.440 e. The molecule has 1 amide bonds. The van der Waals surface area contributed by atoms with E-state index in [1.807, 2.05) is 17.9 Å². The van der Waals surface area contributed by atoms with Crippen LogP contribution in [0.2, 0.25) is 0 Å². The second-order valence-electron chi connectivity index (χ2n) is 6.30. The van der Waals surface area contributed by atoms with Crippen molar-refractivity contribution in [2.24, 2.45) is 0 Å². The third kappa shape index (κ3) is 2.11. The number of aryl methyl sites for hydroxylation is 1. The molecule has 7 nitrogen and oxygen atoms in total. The average molecular weight is 303 g/mol. The van der Waals surface area contributed by atoms with Crippen molar-refractivity contribution in [3.63, 3.8) is 0 Å². The van der Waals surface area contributed by atoms with Crippen LogP contribution in [0.1, 0.15) is 18.7 Å². The molecule has 3 aliphatic heterocycles. The number of nitrogens with zero attached hydrogens (tertiary/aromatic N) is 4. The van der Waals surface area contributed by atoms with Gasteiger partial charge in [0.25, 0.3) is 0 Å². The van der Waals surface area contributed by atoms with Crippen molar-refractivity contribution in [3.05, 3.63) is 18.1 Å². The summed E-state index contributed by atoms with van der Waals surface area (Å²) in [5.74, 6) is 1.75. The predicted octanol–water partition coefficient (Wildman–Crippen LogP) is 0.548. The summed E-state index contributed by atoms with van der Waals surface area (Å²) in [5, 5.41) is 3.39. The molecule has 1 aromatic rings. The number of amides is 1. The van der Waals surface area contributed by atoms with E-state index in [9.17, 15) is 4.79 Å². The summed E-state index contributed by atoms with van der Waals surface area (Å²) in [4.78, 5) is 24.9. The van der Waals surface area contributed by atoms with Crippen molar-refractivity contribution >= 4 is 11.9 Å². The van der Waals surface area contributed by atoms with E-state index in [4.69, 9.17) is 4.74 Å². The van der Waals surface area contributed by atoms with Crippen molar-refractivity contribution < 1.29 is 9.53 Å². The maximum atomic E-state index is 12.1. The summed E-state index contributed by atoms with van der Waals surface area (Å²) in [7, 11) is 0. The molecule has 3 saturated heterocycles. The predicted molar refractivity (Wildman–Crippen MR) is 80.8 cm³/mol. The Morgan fingerprint density at radius 2 is 2.18 bits per heavy atom. The Morgan fingerprint density at radius 1 is 1.36 bits per heavy atom. The van der Waals surface area contributed by atoms with E-state index in [2.05, 4.69) is 20.2 Å². The van der Waals surface area contributed by atoms with Crippen molar-refractivity contribution in [3.8, 4) is 0 Å². The normalized spacial score (nSPS) is 27.0. The Morgan fingerprint density at radius 3 is 2.95 bits per heavy atom. The molecule has 7 heteroatoms. The number of aromatic nitrogens is 2. The van der Waals surface area contributed by atoms with E-state index in [-0.39, 0.29) is 17.7 Å². The van der Waals surface area contributed by atoms with Crippen molar-refractivity contribution in [1.29, 1.82) is 0 Å². The third-order valence-corrected chi connectivity index (χ3v) is 5.07. The topological polar surface area (TPSA) is 70.6 Å². The summed E-state index contributed by atoms with van der Waals surface area (Å²) in [6.07, 6.45) is 3.36. The molecule has 1 unspecified atom stereocenters. The second kappa shape index (κ2) is 5.08. The molecular formula is C15H21N5O2. The number of carbonyl (C=O) groups is 1. The number of hydrogen-bond acceptors (Lipinski definition) is 6. The Labute approximate surface area is 129 Å². The molecule has 4 rings (SSSR count). The highest BCUT2D eigenvalue weighted by Gasteiger charge is 2.55. The number of hydrogen-bond donors (Lipinski definition) is 1. The molecule has 0 saturated carbocycles. The van der Waals surface area contributed by atoms with Crippen molar-refractivity contribution in [1.82, 2.24) is 20.2 Å². The SMILES string of the molecule is Cc1nccc(N2CCC3(CC2)OC(=O)N2CCNCC23)n1. The van der Waals surface area contributed by atoms with Gasteiger partial charge in [0, 0.05) is 51.8 Å². The van der Waals surface area contributed by atoms with Gasteiger partial charge in [-0.3, -0.25) is 4.90 Å². The zero-order chi connectivity index (χ0) is 15.2. The van der Waals surface area contributed by atoms with Gasteiger partial charge >= 0.3 is 6.09 Å². The lowest BCUT2D eigenvalue weighted by molar-refractivity contribution is 0.0105. The van der Waals surface area contributed by atoms with Crippen LogP contribution in [0.15, 0.2) is 12.3 Å². The zero-order valence-electron chi connectivity index (χ0n) is 12.8. The number of nitrogens with one attached hydrogen (secondary N) is 1. The summed E-state index contributed by atoms with van der Waals surface area (Å²) in [5.41, 5.74) is -0.330. The molecule has 1 aromatic heterocycles. The van der Waals surface area contributed by atoms with Crippen LogP contribution in [0.25, 0.3) is 0 Å². The van der Waals surface area contributed by atoms with E-state index in [1.54, 1.807) is 6.20 Å². The van der Waals surface area contributed by atoms with Crippen LogP contribution in [0.4, 0.5) is 10.6 Å². The molecule has 0 radical (unpaired) electrons. The van der Waals surface area contributed by atoms with Crippen LogP contribution in [0, 0.1) is 6.92 Å². The van der Waals surface area contributed by atoms with E-state index in [0.29, 0.717) is 0 Å². The molecule has 1 N–H and O–H groups in total. The molecule has 3 fully saturated rings. The Kier molecular flexibility index (Phi) is 3.18. The lowest BCUT2D eigenvalue weighted by Crippen LogP contribution is -2.59. The second-order valence-corrected chi connectivity index (χ2v) is 6.30. The number of anilines is 1. The third-order valence-electron chi connectivity index (χ3n) is 5.07. The highest BCUT2D eigenvalue weighted by Crippen LogP contribution is 2.39. The average Bonchev–Trinajstić information content (AvgIpc) is 2.81. The van der Waals surface area contributed by atoms with Crippen LogP contribution in [-0.2, 0) is 4.74 Å². The summed E-state index contributed by atoms with van der Waals surface area (Å²) < 4.78 is 5.83. The Hall–Kier alpha value is -1.89. The quantitative estimate of drug-likeness (QED) is 0.817. The van der Waals surface area contributed by atoms with E-state index >= 15 is 0 Å². The lowest BCUT2D eigenvalue weighted by Gasteiger charge is -2.43. The molecular weight excluding hydrogens is 282 g/mol. The van der Waals surface area contributed by atoms with Gasteiger partial charge in [0.15, 0.2) is 0 Å². The molecule has 4 heterocycles. The van der Waals surface area contributed by atoms with Crippen molar-refractivity contribution in [2.75, 3.05) is 37.6 Å². The lowest BCUT2D eigenvalue weighted by atomic mass is 9.83. The van der Waals surface area contributed by atoms with Crippen molar-refractivity contribution in [2.45, 2.75) is 31.4 Å². The molecule has 1 spiro atoms. The smallest absolute Gasteiger partial charge is 0.410 e. The maximum Gasteiger partial charge on any atom is 0.410 e. The van der Waals surface area contributed by atoms with Gasteiger partial charge in [-0.1, -0.05) is 0 Å². The number of piperidine rings is 1. The molecule has 0 aromatic carbocycles. The molecule has 0 bridgehead atoms. The van der Waals surface area contributed by atoms with Gasteiger partial charge < -0.3 is 15.0 Å². The zero-order valence-corrected chi connectivity index (χ0v) is 12.8. The van der Waals surface area contributed by atoms with Crippen LogP contribution in [0.5, 0.6) is 0 Å². The number of piperazine rings is 1. The highest BCUT2D eigenvalue weighted by molar-refractivity contribution is 5.72. The first kappa shape index (κ1) is 13.8. The first-order valence-corrected chi connectivity index (χ1v) is 7.93. The van der Waals surface area contributed by atoms with E-state index in [0.717, 1.165) is 57.2 Å². The number of carbonyl (C=O) groups excluding carboxylic acids is 1. The monoisotopic (exact) mass is 303 g/mol. The first-order chi connectivity index (χ1) is 10.7. The molecule has 22 heavy (non-hydrogen) atoms. The fourth-order valence-corrected chi connectivity index (χ4v) is 3.86. The molecule has 3 aliphatic rings. The van der Waals surface area contributed by atoms with Gasteiger partial charge in [0.1, 0.15) is 17.2 Å². The van der Waals surface area contributed by atoms with Gasteiger partial charge in [-0.15, -0.1) is 0 Å². The van der Waals surface area contributed by atoms with Gasteiger partial charge in [-0.2, -0.15) is 0 Å². The first-order valence-electron chi connectivity index (χ1n) is 7.93. The minimum atomic E-state index is -0.330. The molecule has 0 aliphatic carbocycles. The summed E-state index contributed by atoms with van der Waals surface area (Å²) >= 11 is 0. The number of rotatable bonds is 1. The van der Waals surface area contributed by atoms with E-state index < -0.39 is 0 Å². The summed E-state index contributed by atoms with van der Waals surface area (Å²) in [6.45, 7) is 6.05. The van der Waals surface area contributed by atoms with E-state index in [1.165, 1.54) is 0 Å². The Balaban J connectivity index is 1.50. The van der Waals surface area contributed by atoms with Crippen LogP contribution >= 0.6 is 0 Å². The summed E-state index contributed by atoms with van der Waals surface area (Å²) in [6, 6.07) is 2.11. The molecule has 1 atom stereocenters. The standard InChI is InChI=1S/C15H21N5O2/c1-11-17-5-2-13(18-11)19-7-3-15(4-8-19)12-10-16-6-9-20(12)14(21)22-15/h2,5,12,16H,3-4,6-10H2,1H3. The molecule has 118 valence electrons.